The SMILES string of the molecule is CCC(c1nccs1)n1c(C)cc(C(=O)C(C)Cl)c1C. The van der Waals surface area contributed by atoms with Crippen molar-refractivity contribution < 1.29 is 4.79 Å². The van der Waals surface area contributed by atoms with Gasteiger partial charge >= 0.3 is 0 Å². The molecule has 2 unspecified atom stereocenters. The summed E-state index contributed by atoms with van der Waals surface area (Å²) in [5.74, 6) is -0.0139. The standard InChI is InChI=1S/C15H19ClN2OS/c1-5-13(15-17-6-7-20-15)18-9(2)8-12(11(18)4)14(19)10(3)16/h6-8,10,13H,5H2,1-4H3. The van der Waals surface area contributed by atoms with Gasteiger partial charge in [0.1, 0.15) is 5.01 Å². The van der Waals surface area contributed by atoms with Crippen LogP contribution in [0, 0.1) is 13.8 Å². The van der Waals surface area contributed by atoms with Crippen LogP contribution in [0.3, 0.4) is 0 Å². The van der Waals surface area contributed by atoms with Crippen LogP contribution >= 0.6 is 22.9 Å². The smallest absolute Gasteiger partial charge is 0.182 e. The molecule has 108 valence electrons. The Morgan fingerprint density at radius 2 is 2.20 bits per heavy atom. The van der Waals surface area contributed by atoms with Crippen molar-refractivity contribution in [1.82, 2.24) is 9.55 Å². The lowest BCUT2D eigenvalue weighted by Crippen LogP contribution is -2.15. The molecule has 0 spiro atoms. The van der Waals surface area contributed by atoms with E-state index in [4.69, 9.17) is 11.6 Å². The van der Waals surface area contributed by atoms with E-state index in [-0.39, 0.29) is 11.8 Å². The van der Waals surface area contributed by atoms with Crippen molar-refractivity contribution in [3.05, 3.63) is 39.6 Å². The molecular formula is C15H19ClN2OS. The summed E-state index contributed by atoms with van der Waals surface area (Å²) in [5.41, 5.74) is 2.77. The number of hydrogen-bond donors (Lipinski definition) is 0. The number of aryl methyl sites for hydroxylation is 1. The number of carbonyl (C=O) groups is 1. The molecule has 0 saturated carbocycles. The molecule has 0 amide bonds. The first-order chi connectivity index (χ1) is 9.47. The van der Waals surface area contributed by atoms with Crippen LogP contribution < -0.4 is 0 Å². The monoisotopic (exact) mass is 310 g/mol. The van der Waals surface area contributed by atoms with Crippen LogP contribution in [0.25, 0.3) is 0 Å². The highest BCUT2D eigenvalue weighted by molar-refractivity contribution is 7.09. The van der Waals surface area contributed by atoms with Gasteiger partial charge in [-0.1, -0.05) is 6.92 Å². The minimum Gasteiger partial charge on any atom is -0.339 e. The first-order valence-electron chi connectivity index (χ1n) is 6.73. The molecule has 0 aromatic carbocycles. The third-order valence-corrected chi connectivity index (χ3v) is 4.62. The van der Waals surface area contributed by atoms with Gasteiger partial charge in [0.25, 0.3) is 0 Å². The lowest BCUT2D eigenvalue weighted by Gasteiger charge is -2.19. The summed E-state index contributed by atoms with van der Waals surface area (Å²) in [6, 6.07) is 2.12. The maximum atomic E-state index is 12.2. The number of hydrogen-bond acceptors (Lipinski definition) is 3. The molecule has 0 aliphatic carbocycles. The number of alkyl halides is 1. The second-order valence-corrected chi connectivity index (χ2v) is 6.51. The third kappa shape index (κ3) is 2.67. The predicted octanol–water partition coefficient (Wildman–Crippen LogP) is 4.37. The van der Waals surface area contributed by atoms with Gasteiger partial charge in [-0.25, -0.2) is 4.98 Å². The Hall–Kier alpha value is -1.13. The molecule has 2 atom stereocenters. The number of nitrogens with zero attached hydrogens (tertiary/aromatic N) is 2. The zero-order valence-electron chi connectivity index (χ0n) is 12.2. The quantitative estimate of drug-likeness (QED) is 0.607. The zero-order valence-corrected chi connectivity index (χ0v) is 13.8. The molecule has 0 aliphatic heterocycles. The Morgan fingerprint density at radius 3 is 2.70 bits per heavy atom. The van der Waals surface area contributed by atoms with Crippen LogP contribution in [-0.4, -0.2) is 20.7 Å². The van der Waals surface area contributed by atoms with Crippen molar-refractivity contribution in [2.45, 2.75) is 45.5 Å². The highest BCUT2D eigenvalue weighted by atomic mass is 35.5. The Morgan fingerprint density at radius 1 is 1.50 bits per heavy atom. The van der Waals surface area contributed by atoms with Gasteiger partial charge in [-0.3, -0.25) is 4.79 Å². The molecule has 0 N–H and O–H groups in total. The molecule has 0 bridgehead atoms. The molecule has 0 aliphatic rings. The molecule has 2 aromatic rings. The normalized spacial score (nSPS) is 14.2. The maximum Gasteiger partial charge on any atom is 0.182 e. The Kier molecular flexibility index (Phi) is 4.66. The lowest BCUT2D eigenvalue weighted by atomic mass is 10.1. The summed E-state index contributed by atoms with van der Waals surface area (Å²) in [6.07, 6.45) is 2.76. The van der Waals surface area contributed by atoms with Crippen molar-refractivity contribution in [2.75, 3.05) is 0 Å². The number of rotatable bonds is 5. The fraction of sp³-hybridized carbons (Fsp3) is 0.467. The van der Waals surface area contributed by atoms with Gasteiger partial charge in [-0.05, 0) is 33.3 Å². The summed E-state index contributed by atoms with van der Waals surface area (Å²) < 4.78 is 2.20. The molecule has 0 saturated heterocycles. The van der Waals surface area contributed by atoms with Crippen molar-refractivity contribution in [2.24, 2.45) is 0 Å². The van der Waals surface area contributed by atoms with E-state index in [9.17, 15) is 4.79 Å². The van der Waals surface area contributed by atoms with Gasteiger partial charge in [-0.15, -0.1) is 22.9 Å². The third-order valence-electron chi connectivity index (χ3n) is 3.55. The highest BCUT2D eigenvalue weighted by Gasteiger charge is 2.24. The molecule has 20 heavy (non-hydrogen) atoms. The Bertz CT molecular complexity index is 602. The fourth-order valence-corrected chi connectivity index (χ4v) is 3.52. The van der Waals surface area contributed by atoms with Gasteiger partial charge in [0.2, 0.25) is 0 Å². The first kappa shape index (κ1) is 15.3. The van der Waals surface area contributed by atoms with E-state index >= 15 is 0 Å². The summed E-state index contributed by atoms with van der Waals surface area (Å²) in [4.78, 5) is 16.6. The Labute approximate surface area is 128 Å². The van der Waals surface area contributed by atoms with E-state index in [1.54, 1.807) is 18.3 Å². The average molecular weight is 311 g/mol. The van der Waals surface area contributed by atoms with E-state index in [0.717, 1.165) is 28.4 Å². The predicted molar refractivity (Wildman–Crippen MR) is 84.1 cm³/mol. The van der Waals surface area contributed by atoms with Gasteiger partial charge in [0, 0.05) is 28.5 Å². The number of ketones is 1. The number of Topliss-reactive ketones (excluding diaryl/α,β-unsaturated/α-hetero) is 1. The van der Waals surface area contributed by atoms with E-state index in [0.29, 0.717) is 0 Å². The van der Waals surface area contributed by atoms with Gasteiger partial charge < -0.3 is 4.57 Å². The first-order valence-corrected chi connectivity index (χ1v) is 8.05. The van der Waals surface area contributed by atoms with Crippen LogP contribution in [-0.2, 0) is 0 Å². The van der Waals surface area contributed by atoms with E-state index in [1.165, 1.54) is 0 Å². The van der Waals surface area contributed by atoms with Gasteiger partial charge in [0.05, 0.1) is 11.4 Å². The largest absolute Gasteiger partial charge is 0.339 e. The molecule has 2 rings (SSSR count). The minimum absolute atomic E-state index is 0.0139. The molecule has 0 fully saturated rings. The number of aromatic nitrogens is 2. The second-order valence-electron chi connectivity index (χ2n) is 4.93. The number of thiazole rings is 1. The summed E-state index contributed by atoms with van der Waals surface area (Å²) in [6.45, 7) is 7.86. The molecule has 5 heteroatoms. The van der Waals surface area contributed by atoms with Crippen molar-refractivity contribution in [3.63, 3.8) is 0 Å². The van der Waals surface area contributed by atoms with Crippen LogP contribution in [0.2, 0.25) is 0 Å². The molecule has 2 heterocycles. The number of halogens is 1. The van der Waals surface area contributed by atoms with Crippen LogP contribution in [0.1, 0.15) is 53.1 Å². The number of carbonyl (C=O) groups excluding carboxylic acids is 1. The minimum atomic E-state index is -0.496. The lowest BCUT2D eigenvalue weighted by molar-refractivity contribution is 0.0991. The van der Waals surface area contributed by atoms with E-state index in [1.807, 2.05) is 31.5 Å². The molecule has 3 nitrogen and oxygen atoms in total. The topological polar surface area (TPSA) is 34.9 Å². The fourth-order valence-electron chi connectivity index (χ4n) is 2.59. The van der Waals surface area contributed by atoms with Crippen molar-refractivity contribution in [1.29, 1.82) is 0 Å². The van der Waals surface area contributed by atoms with Crippen LogP contribution in [0.5, 0.6) is 0 Å². The van der Waals surface area contributed by atoms with Crippen molar-refractivity contribution >= 4 is 28.7 Å². The molecule has 0 radical (unpaired) electrons. The summed E-state index contributed by atoms with van der Waals surface area (Å²) in [5, 5.41) is 2.56. The van der Waals surface area contributed by atoms with E-state index < -0.39 is 5.38 Å². The highest BCUT2D eigenvalue weighted by Crippen LogP contribution is 2.30. The molecule has 2 aromatic heterocycles. The van der Waals surface area contributed by atoms with Crippen LogP contribution in [0.15, 0.2) is 17.6 Å². The second kappa shape index (κ2) is 6.10. The van der Waals surface area contributed by atoms with Gasteiger partial charge in [0.15, 0.2) is 5.78 Å². The van der Waals surface area contributed by atoms with E-state index in [2.05, 4.69) is 16.5 Å². The average Bonchev–Trinajstić information content (AvgIpc) is 3.02. The Balaban J connectivity index is 2.49. The maximum absolute atomic E-state index is 12.2. The van der Waals surface area contributed by atoms with Gasteiger partial charge in [-0.2, -0.15) is 0 Å². The summed E-state index contributed by atoms with van der Waals surface area (Å²) in [7, 11) is 0. The summed E-state index contributed by atoms with van der Waals surface area (Å²) >= 11 is 7.59. The van der Waals surface area contributed by atoms with Crippen LogP contribution in [0.4, 0.5) is 0 Å². The molecular weight excluding hydrogens is 292 g/mol. The van der Waals surface area contributed by atoms with Crippen molar-refractivity contribution in [3.8, 4) is 0 Å². The zero-order chi connectivity index (χ0) is 14.9.